The Balaban J connectivity index is 0.00000484. The molecule has 3 heterocycles. The molecule has 5 nitrogen and oxygen atoms in total. The van der Waals surface area contributed by atoms with Gasteiger partial charge in [-0.05, 0) is 120 Å². The molecule has 0 spiro atoms. The summed E-state index contributed by atoms with van der Waals surface area (Å²) in [5.74, 6) is 2.74. The average Bonchev–Trinajstić information content (AvgIpc) is 3.98. The van der Waals surface area contributed by atoms with Crippen LogP contribution in [0.4, 0.5) is 22.7 Å². The zero-order valence-electron chi connectivity index (χ0n) is 41.0. The van der Waals surface area contributed by atoms with Gasteiger partial charge in [-0.3, -0.25) is 0 Å². The summed E-state index contributed by atoms with van der Waals surface area (Å²) < 4.78 is 9.16. The van der Waals surface area contributed by atoms with Gasteiger partial charge < -0.3 is 19.1 Å². The predicted octanol–water partition coefficient (Wildman–Crippen LogP) is 16.2. The van der Waals surface area contributed by atoms with Gasteiger partial charge in [0.05, 0.1) is 0 Å². The van der Waals surface area contributed by atoms with E-state index in [0.717, 1.165) is 39.3 Å². The average molecular weight is 1130 g/mol. The van der Waals surface area contributed by atoms with E-state index in [2.05, 4.69) is 242 Å². The van der Waals surface area contributed by atoms with Crippen LogP contribution in [0, 0.1) is 18.8 Å². The molecule has 0 amide bonds. The molecule has 0 N–H and O–H groups in total. The Morgan fingerprint density at radius 1 is 0.459 bits per heavy atom. The van der Waals surface area contributed by atoms with Crippen molar-refractivity contribution < 1.29 is 25.8 Å². The topological polar surface area (TPSA) is 33.5 Å². The van der Waals surface area contributed by atoms with Gasteiger partial charge in [0, 0.05) is 85.0 Å². The van der Waals surface area contributed by atoms with Crippen molar-refractivity contribution in [3.05, 3.63) is 291 Å². The maximum absolute atomic E-state index is 6.85. The summed E-state index contributed by atoms with van der Waals surface area (Å²) >= 11 is 0. The second-order valence-corrected chi connectivity index (χ2v) is 21.4. The third kappa shape index (κ3) is 6.11. The van der Waals surface area contributed by atoms with Gasteiger partial charge in [-0.15, -0.1) is 48.1 Å². The van der Waals surface area contributed by atoms with Crippen molar-refractivity contribution in [2.24, 2.45) is 0 Å². The minimum absolute atomic E-state index is 0. The number of anilines is 4. The van der Waals surface area contributed by atoms with E-state index >= 15 is 0 Å². The van der Waals surface area contributed by atoms with E-state index in [0.29, 0.717) is 11.5 Å². The van der Waals surface area contributed by atoms with Gasteiger partial charge in [-0.2, -0.15) is 12.1 Å². The molecule has 0 unspecified atom stereocenters. The van der Waals surface area contributed by atoms with E-state index in [1.165, 1.54) is 83.4 Å². The third-order valence-corrected chi connectivity index (χ3v) is 16.6. The van der Waals surface area contributed by atoms with Crippen LogP contribution < -0.4 is 14.5 Å². The Morgan fingerprint density at radius 2 is 0.973 bits per heavy atom. The molecule has 18 rings (SSSR count). The first-order valence-corrected chi connectivity index (χ1v) is 25.6. The van der Waals surface area contributed by atoms with Crippen molar-refractivity contribution in [1.82, 2.24) is 9.55 Å². The Bertz CT molecular complexity index is 4070. The summed E-state index contributed by atoms with van der Waals surface area (Å²) in [5, 5.41) is 2.30. The maximum atomic E-state index is 6.85. The fourth-order valence-electron chi connectivity index (χ4n) is 13.5. The number of ether oxygens (including phenoxy) is 1. The van der Waals surface area contributed by atoms with Crippen molar-refractivity contribution >= 4 is 44.6 Å². The minimum Gasteiger partial charge on any atom is -0.509 e. The van der Waals surface area contributed by atoms with Gasteiger partial charge in [0.1, 0.15) is 5.82 Å². The molecule has 74 heavy (non-hydrogen) atoms. The molecule has 358 valence electrons. The molecule has 2 aromatic heterocycles. The molecular formula is C68H47N4OPt-3. The van der Waals surface area contributed by atoms with Crippen molar-refractivity contribution in [3.8, 4) is 17.3 Å². The number of pyridine rings is 1. The number of aromatic nitrogens is 2. The molecule has 4 bridgehead atoms. The zero-order chi connectivity index (χ0) is 48.3. The molecule has 0 saturated heterocycles. The molecule has 6 heteroatoms. The molecule has 0 atom stereocenters. The van der Waals surface area contributed by atoms with Crippen LogP contribution in [0.1, 0.15) is 117 Å². The van der Waals surface area contributed by atoms with Gasteiger partial charge in [0.25, 0.3) is 0 Å². The molecule has 11 aromatic rings. The van der Waals surface area contributed by atoms with Crippen molar-refractivity contribution in [3.63, 3.8) is 0 Å². The standard InChI is InChI=1S/C68H47N4O.Pt/c1-68(2,3)40-32-33-69-62(34-40)72-60-36-43(30-31-44(60)54-37-55-56(38-61(54)72)65-47-20-6-4-18-45(47)64(55)46-19-5-7-21-48(46)65)73-42-17-14-16-41(35-42)70-39-71(58-28-13-12-27-57(58)70)59-29-15-26-53-63-49-22-8-10-24-51(49)66(67(53)59)52-25-11-9-23-50(52)63;/h4-34,37-39,63-66H,1-3H3;/q-3;. The van der Waals surface area contributed by atoms with E-state index in [9.17, 15) is 0 Å². The Hall–Kier alpha value is -7.98. The molecule has 6 aliphatic carbocycles. The number of hydrogen-bond donors (Lipinski definition) is 0. The monoisotopic (exact) mass is 1130 g/mol. The van der Waals surface area contributed by atoms with Crippen LogP contribution >= 0.6 is 0 Å². The van der Waals surface area contributed by atoms with E-state index in [-0.39, 0.29) is 50.2 Å². The summed E-state index contributed by atoms with van der Waals surface area (Å²) in [6, 6.07) is 78.9. The first-order valence-electron chi connectivity index (χ1n) is 25.6. The van der Waals surface area contributed by atoms with Crippen LogP contribution in [0.5, 0.6) is 11.5 Å². The van der Waals surface area contributed by atoms with E-state index in [1.807, 2.05) is 12.3 Å². The first kappa shape index (κ1) is 43.6. The molecule has 7 aliphatic rings. The number of rotatable bonds is 5. The minimum atomic E-state index is -0.0655. The third-order valence-electron chi connectivity index (χ3n) is 16.6. The molecular weight excluding hydrogens is 1080 g/mol. The van der Waals surface area contributed by atoms with Crippen LogP contribution in [0.15, 0.2) is 200 Å². The van der Waals surface area contributed by atoms with Gasteiger partial charge in [0.2, 0.25) is 0 Å². The zero-order valence-corrected chi connectivity index (χ0v) is 43.2. The van der Waals surface area contributed by atoms with Crippen molar-refractivity contribution in [2.45, 2.75) is 49.9 Å². The van der Waals surface area contributed by atoms with E-state index in [4.69, 9.17) is 9.72 Å². The summed E-state index contributed by atoms with van der Waals surface area (Å²) in [6.07, 6.45) is 1.95. The van der Waals surface area contributed by atoms with Crippen LogP contribution in [-0.2, 0) is 26.5 Å². The fourth-order valence-corrected chi connectivity index (χ4v) is 13.5. The van der Waals surface area contributed by atoms with Gasteiger partial charge in [-0.1, -0.05) is 154 Å². The Morgan fingerprint density at radius 3 is 1.59 bits per heavy atom. The predicted molar refractivity (Wildman–Crippen MR) is 292 cm³/mol. The smallest absolute Gasteiger partial charge is 0.135 e. The molecule has 0 fully saturated rings. The van der Waals surface area contributed by atoms with E-state index in [1.54, 1.807) is 0 Å². The second kappa shape index (κ2) is 16.0. The van der Waals surface area contributed by atoms with Crippen LogP contribution in [0.3, 0.4) is 0 Å². The number of benzene rings is 9. The molecule has 0 saturated carbocycles. The molecule has 1 aliphatic heterocycles. The summed E-state index contributed by atoms with van der Waals surface area (Å²) in [6.45, 7) is 9.01. The number of hydrogen-bond acceptors (Lipinski definition) is 4. The summed E-state index contributed by atoms with van der Waals surface area (Å²) in [7, 11) is 0. The number of fused-ring (bicyclic) bond motifs is 4. The molecule has 9 aromatic carbocycles. The van der Waals surface area contributed by atoms with E-state index < -0.39 is 0 Å². The second-order valence-electron chi connectivity index (χ2n) is 21.4. The normalized spacial score (nSPS) is 18.0. The summed E-state index contributed by atoms with van der Waals surface area (Å²) in [4.78, 5) is 9.71. The molecule has 0 radical (unpaired) electrons. The quantitative estimate of drug-likeness (QED) is 0.161. The largest absolute Gasteiger partial charge is 0.509 e. The van der Waals surface area contributed by atoms with Gasteiger partial charge in [-0.25, -0.2) is 4.98 Å². The number of para-hydroxylation sites is 2. The number of nitrogens with zero attached hydrogens (tertiary/aromatic N) is 4. The first-order chi connectivity index (χ1) is 35.9. The van der Waals surface area contributed by atoms with Crippen LogP contribution in [0.2, 0.25) is 0 Å². The van der Waals surface area contributed by atoms with Crippen molar-refractivity contribution in [2.75, 3.05) is 9.80 Å². The maximum Gasteiger partial charge on any atom is 0.135 e. The SMILES string of the molecule is CC(C)(C)c1ccnc(-n2c3[c-]c(Oc4[c-]c(N5[CH-]N(c6cccc7c6C6c8ccccc8C7c7ccccc76)c6ccccc65)ccc4)ccc3c3cc4c(cc32)C2c3ccccc3C4c3ccccc32)c1.[Pt]. The van der Waals surface area contributed by atoms with Crippen molar-refractivity contribution in [1.29, 1.82) is 0 Å². The fraction of sp³-hybridized carbons (Fsp3) is 0.118. The Kier molecular flexibility index (Phi) is 9.43. The Labute approximate surface area is 445 Å². The van der Waals surface area contributed by atoms with Gasteiger partial charge in [0.15, 0.2) is 0 Å². The van der Waals surface area contributed by atoms with Crippen LogP contribution in [-0.4, -0.2) is 9.55 Å². The van der Waals surface area contributed by atoms with Gasteiger partial charge >= 0.3 is 0 Å². The van der Waals surface area contributed by atoms with Crippen LogP contribution in [0.25, 0.3) is 27.6 Å². The summed E-state index contributed by atoms with van der Waals surface area (Å²) in [5.41, 5.74) is 24.3.